The van der Waals surface area contributed by atoms with Crippen molar-refractivity contribution >= 4 is 29.1 Å². The SMILES string of the molecule is COCCN1CCC(CNC(=O)c2ccc(Cl)cc2Cl)CC1. The molecule has 0 atom stereocenters. The predicted octanol–water partition coefficient (Wildman–Crippen LogP) is 3.08. The van der Waals surface area contributed by atoms with Crippen LogP contribution < -0.4 is 5.32 Å². The van der Waals surface area contributed by atoms with Gasteiger partial charge in [-0.2, -0.15) is 0 Å². The summed E-state index contributed by atoms with van der Waals surface area (Å²) in [5.74, 6) is 0.386. The molecule has 0 saturated carbocycles. The second-order valence-corrected chi connectivity index (χ2v) is 6.46. The quantitative estimate of drug-likeness (QED) is 0.862. The summed E-state index contributed by atoms with van der Waals surface area (Å²) in [6.45, 7) is 4.57. The van der Waals surface area contributed by atoms with Gasteiger partial charge >= 0.3 is 0 Å². The first-order valence-electron chi connectivity index (χ1n) is 7.54. The Morgan fingerprint density at radius 3 is 2.73 bits per heavy atom. The summed E-state index contributed by atoms with van der Waals surface area (Å²) in [6.07, 6.45) is 2.19. The summed E-state index contributed by atoms with van der Waals surface area (Å²) in [5.41, 5.74) is 0.476. The molecule has 2 rings (SSSR count). The van der Waals surface area contributed by atoms with E-state index in [0.717, 1.165) is 39.1 Å². The van der Waals surface area contributed by atoms with E-state index in [1.807, 2.05) is 0 Å². The van der Waals surface area contributed by atoms with Gasteiger partial charge in [-0.25, -0.2) is 0 Å². The van der Waals surface area contributed by atoms with Crippen molar-refractivity contribution in [3.8, 4) is 0 Å². The minimum absolute atomic E-state index is 0.136. The number of likely N-dealkylation sites (tertiary alicyclic amines) is 1. The van der Waals surface area contributed by atoms with Crippen molar-refractivity contribution in [1.82, 2.24) is 10.2 Å². The Balaban J connectivity index is 1.75. The van der Waals surface area contributed by atoms with Crippen LogP contribution in [0.4, 0.5) is 0 Å². The highest BCUT2D eigenvalue weighted by Crippen LogP contribution is 2.21. The molecule has 1 aliphatic rings. The van der Waals surface area contributed by atoms with Gasteiger partial charge in [0.1, 0.15) is 0 Å². The van der Waals surface area contributed by atoms with Gasteiger partial charge in [0, 0.05) is 25.2 Å². The topological polar surface area (TPSA) is 41.6 Å². The molecule has 0 unspecified atom stereocenters. The van der Waals surface area contributed by atoms with Crippen LogP contribution in [0.15, 0.2) is 18.2 Å². The molecule has 0 radical (unpaired) electrons. The number of carbonyl (C=O) groups is 1. The Kier molecular flexibility index (Phi) is 6.96. The third kappa shape index (κ3) is 5.13. The standard InChI is InChI=1S/C16H22Cl2N2O2/c1-22-9-8-20-6-4-12(5-7-20)11-19-16(21)14-3-2-13(17)10-15(14)18/h2-3,10,12H,4-9,11H2,1H3,(H,19,21). The summed E-state index contributed by atoms with van der Waals surface area (Å²) in [4.78, 5) is 14.6. The highest BCUT2D eigenvalue weighted by molar-refractivity contribution is 6.36. The maximum Gasteiger partial charge on any atom is 0.252 e. The number of ether oxygens (including phenoxy) is 1. The van der Waals surface area contributed by atoms with Crippen LogP contribution in [0.25, 0.3) is 0 Å². The second kappa shape index (κ2) is 8.73. The first kappa shape index (κ1) is 17.5. The van der Waals surface area contributed by atoms with E-state index in [9.17, 15) is 4.79 Å². The summed E-state index contributed by atoms with van der Waals surface area (Å²) < 4.78 is 5.10. The lowest BCUT2D eigenvalue weighted by atomic mass is 9.96. The fourth-order valence-electron chi connectivity index (χ4n) is 2.64. The maximum absolute atomic E-state index is 12.2. The fraction of sp³-hybridized carbons (Fsp3) is 0.562. The molecule has 6 heteroatoms. The lowest BCUT2D eigenvalue weighted by Crippen LogP contribution is -2.39. The number of benzene rings is 1. The zero-order valence-corrected chi connectivity index (χ0v) is 14.3. The molecule has 1 aromatic carbocycles. The molecule has 122 valence electrons. The molecule has 1 N–H and O–H groups in total. The molecule has 4 nitrogen and oxygen atoms in total. The summed E-state index contributed by atoms with van der Waals surface area (Å²) in [7, 11) is 1.73. The third-order valence-corrected chi connectivity index (χ3v) is 4.59. The van der Waals surface area contributed by atoms with E-state index >= 15 is 0 Å². The lowest BCUT2D eigenvalue weighted by molar-refractivity contribution is 0.0926. The highest BCUT2D eigenvalue weighted by atomic mass is 35.5. The Labute approximate surface area is 141 Å². The Hall–Kier alpha value is -0.810. The zero-order valence-electron chi connectivity index (χ0n) is 12.8. The summed E-state index contributed by atoms with van der Waals surface area (Å²) in [5, 5.41) is 3.90. The van der Waals surface area contributed by atoms with Crippen molar-refractivity contribution in [3.63, 3.8) is 0 Å². The minimum atomic E-state index is -0.136. The van der Waals surface area contributed by atoms with Gasteiger partial charge in [0.2, 0.25) is 0 Å². The number of nitrogens with zero attached hydrogens (tertiary/aromatic N) is 1. The average Bonchev–Trinajstić information content (AvgIpc) is 2.51. The number of amides is 1. The number of hydrogen-bond acceptors (Lipinski definition) is 3. The fourth-order valence-corrected chi connectivity index (χ4v) is 3.13. The Morgan fingerprint density at radius 2 is 2.09 bits per heavy atom. The number of methoxy groups -OCH3 is 1. The summed E-state index contributed by atoms with van der Waals surface area (Å²) in [6, 6.07) is 4.93. The molecule has 22 heavy (non-hydrogen) atoms. The smallest absolute Gasteiger partial charge is 0.252 e. The Morgan fingerprint density at radius 1 is 1.36 bits per heavy atom. The van der Waals surface area contributed by atoms with Crippen molar-refractivity contribution < 1.29 is 9.53 Å². The maximum atomic E-state index is 12.2. The van der Waals surface area contributed by atoms with Gasteiger partial charge in [0.15, 0.2) is 0 Å². The van der Waals surface area contributed by atoms with Gasteiger partial charge in [0.05, 0.1) is 17.2 Å². The molecular weight excluding hydrogens is 323 g/mol. The molecule has 0 aliphatic carbocycles. The van der Waals surface area contributed by atoms with E-state index in [1.54, 1.807) is 25.3 Å². The predicted molar refractivity (Wildman–Crippen MR) is 89.8 cm³/mol. The van der Waals surface area contributed by atoms with Crippen molar-refractivity contribution in [2.45, 2.75) is 12.8 Å². The number of nitrogens with one attached hydrogen (secondary N) is 1. The molecule has 1 fully saturated rings. The molecular formula is C16H22Cl2N2O2. The molecule has 0 bridgehead atoms. The van der Waals surface area contributed by atoms with Gasteiger partial charge in [0.25, 0.3) is 5.91 Å². The van der Waals surface area contributed by atoms with Crippen LogP contribution >= 0.6 is 23.2 Å². The van der Waals surface area contributed by atoms with E-state index < -0.39 is 0 Å². The van der Waals surface area contributed by atoms with Crippen molar-refractivity contribution in [3.05, 3.63) is 33.8 Å². The van der Waals surface area contributed by atoms with Gasteiger partial charge in [-0.1, -0.05) is 23.2 Å². The molecule has 1 heterocycles. The van der Waals surface area contributed by atoms with Crippen LogP contribution in [0.5, 0.6) is 0 Å². The Bertz CT molecular complexity index is 503. The number of carbonyl (C=O) groups excluding carboxylic acids is 1. The number of hydrogen-bond donors (Lipinski definition) is 1. The van der Waals surface area contributed by atoms with Crippen LogP contribution in [0, 0.1) is 5.92 Å². The second-order valence-electron chi connectivity index (χ2n) is 5.61. The van der Waals surface area contributed by atoms with Gasteiger partial charge in [-0.15, -0.1) is 0 Å². The summed E-state index contributed by atoms with van der Waals surface area (Å²) >= 11 is 11.9. The molecule has 0 aromatic heterocycles. The molecule has 1 amide bonds. The van der Waals surface area contributed by atoms with Crippen LogP contribution in [-0.4, -0.2) is 50.7 Å². The number of rotatable bonds is 6. The highest BCUT2D eigenvalue weighted by Gasteiger charge is 2.20. The van der Waals surface area contributed by atoms with Crippen molar-refractivity contribution in [2.24, 2.45) is 5.92 Å². The largest absolute Gasteiger partial charge is 0.383 e. The first-order valence-corrected chi connectivity index (χ1v) is 8.30. The van der Waals surface area contributed by atoms with E-state index in [-0.39, 0.29) is 5.91 Å². The average molecular weight is 345 g/mol. The monoisotopic (exact) mass is 344 g/mol. The minimum Gasteiger partial charge on any atom is -0.383 e. The normalized spacial score (nSPS) is 16.7. The van der Waals surface area contributed by atoms with E-state index in [1.165, 1.54) is 0 Å². The molecule has 0 spiro atoms. The van der Waals surface area contributed by atoms with Crippen molar-refractivity contribution in [1.29, 1.82) is 0 Å². The molecule has 1 aromatic rings. The van der Waals surface area contributed by atoms with E-state index in [2.05, 4.69) is 10.2 Å². The molecule has 1 aliphatic heterocycles. The number of halogens is 2. The molecule has 1 saturated heterocycles. The van der Waals surface area contributed by atoms with Gasteiger partial charge in [-0.3, -0.25) is 4.79 Å². The van der Waals surface area contributed by atoms with E-state index in [0.29, 0.717) is 28.1 Å². The first-order chi connectivity index (χ1) is 10.6. The lowest BCUT2D eigenvalue weighted by Gasteiger charge is -2.31. The van der Waals surface area contributed by atoms with Crippen molar-refractivity contribution in [2.75, 3.05) is 39.9 Å². The van der Waals surface area contributed by atoms with Crippen LogP contribution in [0.3, 0.4) is 0 Å². The van der Waals surface area contributed by atoms with Crippen LogP contribution in [0.1, 0.15) is 23.2 Å². The van der Waals surface area contributed by atoms with Crippen LogP contribution in [0.2, 0.25) is 10.0 Å². The third-order valence-electron chi connectivity index (χ3n) is 4.05. The zero-order chi connectivity index (χ0) is 15.9. The van der Waals surface area contributed by atoms with Gasteiger partial charge in [-0.05, 0) is 50.0 Å². The van der Waals surface area contributed by atoms with Gasteiger partial charge < -0.3 is 15.0 Å². The number of piperidine rings is 1. The van der Waals surface area contributed by atoms with Crippen LogP contribution in [-0.2, 0) is 4.74 Å². The van der Waals surface area contributed by atoms with E-state index in [4.69, 9.17) is 27.9 Å².